The first-order valence-corrected chi connectivity index (χ1v) is 6.83. The number of carbonyl (C=O) groups is 1. The fourth-order valence-electron chi connectivity index (χ4n) is 2.68. The van der Waals surface area contributed by atoms with E-state index in [0.717, 1.165) is 5.76 Å². The summed E-state index contributed by atoms with van der Waals surface area (Å²) in [5.41, 5.74) is 0.477. The van der Waals surface area contributed by atoms with E-state index in [0.29, 0.717) is 12.6 Å². The summed E-state index contributed by atoms with van der Waals surface area (Å²) in [7, 11) is 0. The van der Waals surface area contributed by atoms with Crippen LogP contribution in [-0.2, 0) is 11.3 Å². The van der Waals surface area contributed by atoms with Crippen LogP contribution in [0.25, 0.3) is 0 Å². The summed E-state index contributed by atoms with van der Waals surface area (Å²) in [5, 5.41) is 6.30. The summed E-state index contributed by atoms with van der Waals surface area (Å²) >= 11 is 0. The number of hydrogen-bond acceptors (Lipinski definition) is 3. The van der Waals surface area contributed by atoms with Crippen LogP contribution in [0, 0.1) is 10.8 Å². The van der Waals surface area contributed by atoms with Gasteiger partial charge in [0.2, 0.25) is 5.91 Å². The number of furan rings is 1. The van der Waals surface area contributed by atoms with Gasteiger partial charge < -0.3 is 15.1 Å². The van der Waals surface area contributed by atoms with E-state index in [-0.39, 0.29) is 22.8 Å². The number of amides is 1. The van der Waals surface area contributed by atoms with Crippen LogP contribution in [0.3, 0.4) is 0 Å². The van der Waals surface area contributed by atoms with Crippen molar-refractivity contribution in [3.8, 4) is 0 Å². The lowest BCUT2D eigenvalue weighted by Gasteiger charge is -2.15. The van der Waals surface area contributed by atoms with E-state index in [1.807, 2.05) is 19.1 Å². The molecule has 0 bridgehead atoms. The predicted molar refractivity (Wildman–Crippen MR) is 74.5 cm³/mol. The second-order valence-electron chi connectivity index (χ2n) is 6.56. The number of carbonyl (C=O) groups excluding carboxylic acids is 1. The second kappa shape index (κ2) is 4.67. The summed E-state index contributed by atoms with van der Waals surface area (Å²) in [6.45, 7) is 11.3. The molecule has 1 aromatic heterocycles. The van der Waals surface area contributed by atoms with Crippen LogP contribution >= 0.6 is 0 Å². The summed E-state index contributed by atoms with van der Waals surface area (Å²) in [6, 6.07) is 3.86. The first kappa shape index (κ1) is 14.1. The SMILES string of the molecule is CC(NC1C(C)(C)C1(C)C)C(=O)NCc1ccco1. The molecule has 0 aromatic carbocycles. The van der Waals surface area contributed by atoms with Gasteiger partial charge >= 0.3 is 0 Å². The fraction of sp³-hybridized carbons (Fsp3) is 0.667. The van der Waals surface area contributed by atoms with E-state index in [1.165, 1.54) is 0 Å². The zero-order valence-electron chi connectivity index (χ0n) is 12.4. The van der Waals surface area contributed by atoms with Crippen molar-refractivity contribution in [2.45, 2.75) is 53.2 Å². The van der Waals surface area contributed by atoms with Crippen LogP contribution in [0.15, 0.2) is 22.8 Å². The van der Waals surface area contributed by atoms with Gasteiger partial charge in [0, 0.05) is 6.04 Å². The Morgan fingerprint density at radius 1 is 1.37 bits per heavy atom. The lowest BCUT2D eigenvalue weighted by Crippen LogP contribution is -2.44. The van der Waals surface area contributed by atoms with Gasteiger partial charge in [-0.2, -0.15) is 0 Å². The predicted octanol–water partition coefficient (Wildman–Crippen LogP) is 2.31. The third-order valence-electron chi connectivity index (χ3n) is 4.85. The fourth-order valence-corrected chi connectivity index (χ4v) is 2.68. The van der Waals surface area contributed by atoms with Crippen molar-refractivity contribution in [3.05, 3.63) is 24.2 Å². The summed E-state index contributed by atoms with van der Waals surface area (Å²) in [5.74, 6) is 0.780. The molecule has 1 atom stereocenters. The van der Waals surface area contributed by atoms with E-state index < -0.39 is 0 Å². The topological polar surface area (TPSA) is 54.3 Å². The van der Waals surface area contributed by atoms with E-state index in [4.69, 9.17) is 4.42 Å². The normalized spacial score (nSPS) is 21.9. The Balaban J connectivity index is 1.81. The molecular formula is C15H24N2O2. The number of nitrogens with one attached hydrogen (secondary N) is 2. The van der Waals surface area contributed by atoms with Gasteiger partial charge in [-0.05, 0) is 29.9 Å². The molecule has 19 heavy (non-hydrogen) atoms. The Labute approximate surface area is 114 Å². The van der Waals surface area contributed by atoms with Crippen LogP contribution in [0.2, 0.25) is 0 Å². The van der Waals surface area contributed by atoms with Gasteiger partial charge in [0.05, 0.1) is 18.8 Å². The minimum Gasteiger partial charge on any atom is -0.467 e. The molecule has 4 nitrogen and oxygen atoms in total. The smallest absolute Gasteiger partial charge is 0.237 e. The Hall–Kier alpha value is -1.29. The number of hydrogen-bond donors (Lipinski definition) is 2. The maximum absolute atomic E-state index is 12.0. The molecule has 1 amide bonds. The molecule has 1 aliphatic carbocycles. The van der Waals surface area contributed by atoms with Gasteiger partial charge in [-0.1, -0.05) is 27.7 Å². The zero-order chi connectivity index (χ0) is 14.3. The zero-order valence-corrected chi connectivity index (χ0v) is 12.4. The minimum absolute atomic E-state index is 0.00917. The van der Waals surface area contributed by atoms with E-state index in [1.54, 1.807) is 6.26 Å². The van der Waals surface area contributed by atoms with Crippen molar-refractivity contribution in [3.63, 3.8) is 0 Å². The van der Waals surface area contributed by atoms with E-state index in [2.05, 4.69) is 38.3 Å². The first-order chi connectivity index (χ1) is 8.76. The molecule has 1 fully saturated rings. The maximum Gasteiger partial charge on any atom is 0.237 e. The molecule has 1 aliphatic rings. The van der Waals surface area contributed by atoms with Crippen LogP contribution in [0.5, 0.6) is 0 Å². The maximum atomic E-state index is 12.0. The molecule has 0 spiro atoms. The molecule has 2 rings (SSSR count). The number of rotatable bonds is 5. The van der Waals surface area contributed by atoms with Gasteiger partial charge in [-0.25, -0.2) is 0 Å². The van der Waals surface area contributed by atoms with Crippen LogP contribution in [-0.4, -0.2) is 18.0 Å². The Morgan fingerprint density at radius 2 is 2.00 bits per heavy atom. The molecule has 1 unspecified atom stereocenters. The molecule has 4 heteroatoms. The Bertz CT molecular complexity index is 435. The Morgan fingerprint density at radius 3 is 2.47 bits per heavy atom. The highest BCUT2D eigenvalue weighted by molar-refractivity contribution is 5.81. The van der Waals surface area contributed by atoms with E-state index >= 15 is 0 Å². The van der Waals surface area contributed by atoms with Crippen molar-refractivity contribution in [1.29, 1.82) is 0 Å². The molecule has 1 saturated carbocycles. The molecule has 0 aliphatic heterocycles. The van der Waals surface area contributed by atoms with Gasteiger partial charge in [0.1, 0.15) is 5.76 Å². The average Bonchev–Trinajstić information content (AvgIpc) is 2.78. The molecule has 0 radical (unpaired) electrons. The molecule has 0 saturated heterocycles. The monoisotopic (exact) mass is 264 g/mol. The third-order valence-corrected chi connectivity index (χ3v) is 4.85. The van der Waals surface area contributed by atoms with Crippen molar-refractivity contribution in [2.75, 3.05) is 0 Å². The summed E-state index contributed by atoms with van der Waals surface area (Å²) in [4.78, 5) is 12.0. The third kappa shape index (κ3) is 2.54. The van der Waals surface area contributed by atoms with Crippen LogP contribution < -0.4 is 10.6 Å². The van der Waals surface area contributed by atoms with Gasteiger partial charge in [0.25, 0.3) is 0 Å². The lowest BCUT2D eigenvalue weighted by atomic mass is 10.0. The first-order valence-electron chi connectivity index (χ1n) is 6.83. The quantitative estimate of drug-likeness (QED) is 0.858. The van der Waals surface area contributed by atoms with Crippen molar-refractivity contribution in [1.82, 2.24) is 10.6 Å². The standard InChI is InChI=1S/C15H24N2O2/c1-10(17-13-14(2,3)15(13,4)5)12(18)16-9-11-7-6-8-19-11/h6-8,10,13,17H,9H2,1-5H3,(H,16,18). The highest BCUT2D eigenvalue weighted by atomic mass is 16.3. The molecule has 1 heterocycles. The second-order valence-corrected chi connectivity index (χ2v) is 6.56. The Kier molecular flexibility index (Phi) is 3.47. The van der Waals surface area contributed by atoms with Crippen LogP contribution in [0.4, 0.5) is 0 Å². The molecule has 1 aromatic rings. The average molecular weight is 264 g/mol. The summed E-state index contributed by atoms with van der Waals surface area (Å²) in [6.07, 6.45) is 1.61. The van der Waals surface area contributed by atoms with E-state index in [9.17, 15) is 4.79 Å². The van der Waals surface area contributed by atoms with Crippen molar-refractivity contribution >= 4 is 5.91 Å². The highest BCUT2D eigenvalue weighted by Gasteiger charge is 2.64. The van der Waals surface area contributed by atoms with Gasteiger partial charge in [0.15, 0.2) is 0 Å². The van der Waals surface area contributed by atoms with Crippen molar-refractivity contribution in [2.24, 2.45) is 10.8 Å². The highest BCUT2D eigenvalue weighted by Crippen LogP contribution is 2.62. The van der Waals surface area contributed by atoms with Crippen LogP contribution in [0.1, 0.15) is 40.4 Å². The molecule has 106 valence electrons. The molecule has 2 N–H and O–H groups in total. The molecular weight excluding hydrogens is 240 g/mol. The summed E-state index contributed by atoms with van der Waals surface area (Å²) < 4.78 is 5.19. The van der Waals surface area contributed by atoms with Gasteiger partial charge in [-0.15, -0.1) is 0 Å². The lowest BCUT2D eigenvalue weighted by molar-refractivity contribution is -0.123. The minimum atomic E-state index is -0.194. The van der Waals surface area contributed by atoms with Crippen molar-refractivity contribution < 1.29 is 9.21 Å². The largest absolute Gasteiger partial charge is 0.467 e. The van der Waals surface area contributed by atoms with Gasteiger partial charge in [-0.3, -0.25) is 4.79 Å².